The molecule has 0 bridgehead atoms. The average Bonchev–Trinajstić information content (AvgIpc) is 2.34. The molecule has 0 unspecified atom stereocenters. The molecule has 0 radical (unpaired) electrons. The Bertz CT molecular complexity index is 496. The Morgan fingerprint density at radius 1 is 1.32 bits per heavy atom. The summed E-state index contributed by atoms with van der Waals surface area (Å²) in [7, 11) is 0. The lowest BCUT2D eigenvalue weighted by Crippen LogP contribution is -2.49. The molecule has 0 saturated heterocycles. The van der Waals surface area contributed by atoms with Gasteiger partial charge in [-0.15, -0.1) is 0 Å². The van der Waals surface area contributed by atoms with Crippen molar-refractivity contribution in [2.45, 2.75) is 6.92 Å². The Kier molecular flexibility index (Phi) is 6.04. The zero-order chi connectivity index (χ0) is 14.3. The van der Waals surface area contributed by atoms with Gasteiger partial charge in [-0.2, -0.15) is 0 Å². The second-order valence-corrected chi connectivity index (χ2v) is 4.22. The van der Waals surface area contributed by atoms with Crippen LogP contribution in [-0.2, 0) is 9.59 Å². The molecule has 102 valence electrons. The smallest absolute Gasteiger partial charge is 0.276 e. The van der Waals surface area contributed by atoms with Crippen molar-refractivity contribution in [3.05, 3.63) is 29.3 Å². The SMILES string of the molecule is CC(=O)NC(=S)NNC(=O)COc1ccccc1Cl. The highest BCUT2D eigenvalue weighted by molar-refractivity contribution is 7.80. The summed E-state index contributed by atoms with van der Waals surface area (Å²) in [6, 6.07) is 6.79. The molecule has 19 heavy (non-hydrogen) atoms. The Labute approximate surface area is 120 Å². The third-order valence-corrected chi connectivity index (χ3v) is 2.32. The van der Waals surface area contributed by atoms with E-state index >= 15 is 0 Å². The second-order valence-electron chi connectivity index (χ2n) is 3.40. The summed E-state index contributed by atoms with van der Waals surface area (Å²) in [6.07, 6.45) is 0. The van der Waals surface area contributed by atoms with Crippen molar-refractivity contribution in [3.8, 4) is 5.75 Å². The van der Waals surface area contributed by atoms with E-state index in [1.807, 2.05) is 0 Å². The first-order valence-corrected chi connectivity index (χ1v) is 6.01. The molecule has 0 spiro atoms. The molecule has 1 aromatic rings. The molecule has 8 heteroatoms. The quantitative estimate of drug-likeness (QED) is 0.567. The fraction of sp³-hybridized carbons (Fsp3) is 0.182. The van der Waals surface area contributed by atoms with E-state index in [-0.39, 0.29) is 17.6 Å². The molecule has 2 amide bonds. The standard InChI is InChI=1S/C11H12ClN3O3S/c1-7(16)13-11(19)15-14-10(17)6-18-9-5-3-2-4-8(9)12/h2-5H,6H2,1H3,(H,14,17)(H2,13,15,16,19). The number of halogens is 1. The molecule has 0 saturated carbocycles. The molecular formula is C11H12ClN3O3S. The highest BCUT2D eigenvalue weighted by Gasteiger charge is 2.06. The lowest BCUT2D eigenvalue weighted by molar-refractivity contribution is -0.124. The van der Waals surface area contributed by atoms with Gasteiger partial charge in [-0.05, 0) is 24.4 Å². The van der Waals surface area contributed by atoms with E-state index in [1.165, 1.54) is 6.92 Å². The van der Waals surface area contributed by atoms with Crippen LogP contribution in [0.25, 0.3) is 0 Å². The van der Waals surface area contributed by atoms with Gasteiger partial charge in [0.05, 0.1) is 5.02 Å². The molecule has 0 aliphatic carbocycles. The van der Waals surface area contributed by atoms with Crippen LogP contribution < -0.4 is 20.9 Å². The van der Waals surface area contributed by atoms with Crippen LogP contribution in [-0.4, -0.2) is 23.5 Å². The maximum Gasteiger partial charge on any atom is 0.276 e. The number of ether oxygens (including phenoxy) is 1. The first kappa shape index (κ1) is 15.2. The van der Waals surface area contributed by atoms with Gasteiger partial charge in [-0.25, -0.2) is 0 Å². The highest BCUT2D eigenvalue weighted by atomic mass is 35.5. The number of para-hydroxylation sites is 1. The van der Waals surface area contributed by atoms with Gasteiger partial charge in [0.25, 0.3) is 5.91 Å². The van der Waals surface area contributed by atoms with E-state index < -0.39 is 5.91 Å². The van der Waals surface area contributed by atoms with Crippen molar-refractivity contribution in [1.82, 2.24) is 16.2 Å². The number of benzene rings is 1. The fourth-order valence-corrected chi connectivity index (χ4v) is 1.44. The minimum absolute atomic E-state index is 0.00130. The third-order valence-electron chi connectivity index (χ3n) is 1.80. The first-order valence-electron chi connectivity index (χ1n) is 5.23. The van der Waals surface area contributed by atoms with Crippen molar-refractivity contribution in [2.24, 2.45) is 0 Å². The van der Waals surface area contributed by atoms with Gasteiger partial charge < -0.3 is 10.1 Å². The van der Waals surface area contributed by atoms with Crippen LogP contribution in [0.15, 0.2) is 24.3 Å². The van der Waals surface area contributed by atoms with Crippen LogP contribution in [0.3, 0.4) is 0 Å². The second kappa shape index (κ2) is 7.55. The molecule has 0 aliphatic heterocycles. The van der Waals surface area contributed by atoms with Gasteiger partial charge in [0.1, 0.15) is 5.75 Å². The summed E-state index contributed by atoms with van der Waals surface area (Å²) in [5.74, 6) is -0.393. The van der Waals surface area contributed by atoms with Gasteiger partial charge in [0.2, 0.25) is 5.91 Å². The highest BCUT2D eigenvalue weighted by Crippen LogP contribution is 2.22. The van der Waals surface area contributed by atoms with Crippen LogP contribution in [0, 0.1) is 0 Å². The van der Waals surface area contributed by atoms with Gasteiger partial charge in [-0.3, -0.25) is 20.4 Å². The Balaban J connectivity index is 2.31. The molecule has 0 atom stereocenters. The van der Waals surface area contributed by atoms with Gasteiger partial charge in [0.15, 0.2) is 11.7 Å². The maximum absolute atomic E-state index is 11.4. The maximum atomic E-state index is 11.4. The Morgan fingerprint density at radius 2 is 2.00 bits per heavy atom. The summed E-state index contributed by atoms with van der Waals surface area (Å²) in [5.41, 5.74) is 4.62. The molecule has 0 aromatic heterocycles. The van der Waals surface area contributed by atoms with Crippen LogP contribution in [0.4, 0.5) is 0 Å². The molecule has 0 fully saturated rings. The summed E-state index contributed by atoms with van der Waals surface area (Å²) >= 11 is 10.6. The van der Waals surface area contributed by atoms with E-state index in [2.05, 4.69) is 16.2 Å². The Hall–Kier alpha value is -1.86. The van der Waals surface area contributed by atoms with Gasteiger partial charge in [-0.1, -0.05) is 23.7 Å². The average molecular weight is 302 g/mol. The van der Waals surface area contributed by atoms with E-state index in [1.54, 1.807) is 24.3 Å². The van der Waals surface area contributed by atoms with Crippen molar-refractivity contribution in [1.29, 1.82) is 0 Å². The van der Waals surface area contributed by atoms with E-state index in [0.29, 0.717) is 10.8 Å². The predicted octanol–water partition coefficient (Wildman–Crippen LogP) is 0.761. The topological polar surface area (TPSA) is 79.5 Å². The molecule has 3 N–H and O–H groups in total. The number of nitrogens with one attached hydrogen (secondary N) is 3. The predicted molar refractivity (Wildman–Crippen MR) is 74.6 cm³/mol. The van der Waals surface area contributed by atoms with Crippen LogP contribution >= 0.6 is 23.8 Å². The first-order chi connectivity index (χ1) is 8.99. The monoisotopic (exact) mass is 301 g/mol. The number of carbonyl (C=O) groups excluding carboxylic acids is 2. The van der Waals surface area contributed by atoms with E-state index in [0.717, 1.165) is 0 Å². The van der Waals surface area contributed by atoms with Crippen molar-refractivity contribution < 1.29 is 14.3 Å². The van der Waals surface area contributed by atoms with E-state index in [9.17, 15) is 9.59 Å². The largest absolute Gasteiger partial charge is 0.482 e. The summed E-state index contributed by atoms with van der Waals surface area (Å²) in [5, 5.41) is 2.70. The Morgan fingerprint density at radius 3 is 2.63 bits per heavy atom. The fourth-order valence-electron chi connectivity index (χ4n) is 1.06. The normalized spacial score (nSPS) is 9.37. The number of hydrazine groups is 1. The minimum Gasteiger partial charge on any atom is -0.482 e. The minimum atomic E-state index is -0.465. The van der Waals surface area contributed by atoms with Crippen LogP contribution in [0.2, 0.25) is 5.02 Å². The zero-order valence-electron chi connectivity index (χ0n) is 10.0. The summed E-state index contributed by atoms with van der Waals surface area (Å²) in [6.45, 7) is 1.07. The number of thiocarbonyl (C=S) groups is 1. The molecular weight excluding hydrogens is 290 g/mol. The van der Waals surface area contributed by atoms with Crippen LogP contribution in [0.1, 0.15) is 6.92 Å². The third kappa shape index (κ3) is 6.03. The van der Waals surface area contributed by atoms with Crippen molar-refractivity contribution >= 4 is 40.7 Å². The van der Waals surface area contributed by atoms with Gasteiger partial charge >= 0.3 is 0 Å². The number of hydrogen-bond donors (Lipinski definition) is 3. The lowest BCUT2D eigenvalue weighted by Gasteiger charge is -2.10. The number of carbonyl (C=O) groups is 2. The van der Waals surface area contributed by atoms with Crippen LogP contribution in [0.5, 0.6) is 5.75 Å². The lowest BCUT2D eigenvalue weighted by atomic mass is 10.3. The molecule has 1 rings (SSSR count). The molecule has 1 aromatic carbocycles. The number of hydrogen-bond acceptors (Lipinski definition) is 4. The van der Waals surface area contributed by atoms with E-state index in [4.69, 9.17) is 28.6 Å². The van der Waals surface area contributed by atoms with Crippen molar-refractivity contribution in [2.75, 3.05) is 6.61 Å². The summed E-state index contributed by atoms with van der Waals surface area (Å²) < 4.78 is 5.20. The summed E-state index contributed by atoms with van der Waals surface area (Å²) in [4.78, 5) is 22.1. The molecule has 0 aliphatic rings. The van der Waals surface area contributed by atoms with Gasteiger partial charge in [0, 0.05) is 6.92 Å². The van der Waals surface area contributed by atoms with Crippen molar-refractivity contribution in [3.63, 3.8) is 0 Å². The molecule has 6 nitrogen and oxygen atoms in total. The number of amides is 2. The zero-order valence-corrected chi connectivity index (χ0v) is 11.6. The molecule has 0 heterocycles. The number of rotatable bonds is 3.